The first-order chi connectivity index (χ1) is 13.6. The van der Waals surface area contributed by atoms with Crippen LogP contribution in [0.1, 0.15) is 59.3 Å². The van der Waals surface area contributed by atoms with Gasteiger partial charge in [0.1, 0.15) is 0 Å². The summed E-state index contributed by atoms with van der Waals surface area (Å²) in [7, 11) is 0. The minimum absolute atomic E-state index is 0.357. The molecule has 0 amide bonds. The number of hydrogen-bond acceptors (Lipinski definition) is 4. The topological polar surface area (TPSA) is 36.9 Å². The van der Waals surface area contributed by atoms with Gasteiger partial charge in [0.2, 0.25) is 0 Å². The van der Waals surface area contributed by atoms with Crippen molar-refractivity contribution >= 4 is 6.21 Å². The van der Waals surface area contributed by atoms with Crippen molar-refractivity contribution < 1.29 is 4.74 Å². The highest BCUT2D eigenvalue weighted by molar-refractivity contribution is 5.72. The number of fused-ring (bicyclic) bond motifs is 1. The second-order valence-electron chi connectivity index (χ2n) is 8.59. The molecule has 0 aromatic carbocycles. The molecule has 0 aromatic rings. The second-order valence-corrected chi connectivity index (χ2v) is 8.59. The van der Waals surface area contributed by atoms with E-state index in [2.05, 4.69) is 43.1 Å². The summed E-state index contributed by atoms with van der Waals surface area (Å²) in [6.45, 7) is 12.9. The fourth-order valence-electron chi connectivity index (χ4n) is 4.34. The largest absolute Gasteiger partial charge is 0.380 e. The van der Waals surface area contributed by atoms with Crippen molar-refractivity contribution in [1.29, 1.82) is 0 Å². The number of nitrogens with one attached hydrogen (secondary N) is 1. The molecular weight excluding hydrogens is 346 g/mol. The van der Waals surface area contributed by atoms with Crippen LogP contribution in [0.5, 0.6) is 0 Å². The fourth-order valence-corrected chi connectivity index (χ4v) is 4.34. The van der Waals surface area contributed by atoms with E-state index in [-0.39, 0.29) is 0 Å². The Bertz CT molecular complexity index is 624. The van der Waals surface area contributed by atoms with E-state index in [1.54, 1.807) is 16.8 Å². The monoisotopic (exact) mass is 385 g/mol. The number of allylic oxidation sites excluding steroid dienone is 4. The molecule has 0 saturated carbocycles. The molecule has 3 aliphatic heterocycles. The van der Waals surface area contributed by atoms with Gasteiger partial charge < -0.3 is 15.0 Å². The maximum Gasteiger partial charge on any atom is 0.0641 e. The molecule has 0 aromatic heterocycles. The van der Waals surface area contributed by atoms with Gasteiger partial charge in [0.15, 0.2) is 0 Å². The van der Waals surface area contributed by atoms with Crippen LogP contribution in [-0.4, -0.2) is 56.5 Å². The molecule has 156 valence electrons. The SMILES string of the molecule is C/C1=C\C=NC(C)CC/C(N2CCCOCC2)=C2/CCNCC/C2=C\CC1C. The Morgan fingerprint density at radius 2 is 1.96 bits per heavy atom. The molecule has 2 fully saturated rings. The van der Waals surface area contributed by atoms with Crippen molar-refractivity contribution in [3.8, 4) is 0 Å². The third kappa shape index (κ3) is 6.05. The van der Waals surface area contributed by atoms with Crippen molar-refractivity contribution in [2.45, 2.75) is 65.3 Å². The van der Waals surface area contributed by atoms with E-state index in [1.165, 1.54) is 5.57 Å². The minimum Gasteiger partial charge on any atom is -0.380 e. The molecule has 2 unspecified atom stereocenters. The van der Waals surface area contributed by atoms with Crippen molar-refractivity contribution in [3.63, 3.8) is 0 Å². The lowest BCUT2D eigenvalue weighted by atomic mass is 9.91. The van der Waals surface area contributed by atoms with Gasteiger partial charge in [0.05, 0.1) is 6.61 Å². The lowest BCUT2D eigenvalue weighted by Gasteiger charge is -2.30. The molecule has 0 aliphatic carbocycles. The fraction of sp³-hybridized carbons (Fsp3) is 0.708. The Hall–Kier alpha value is -1.39. The summed E-state index contributed by atoms with van der Waals surface area (Å²) in [5, 5.41) is 3.62. The second kappa shape index (κ2) is 11.0. The van der Waals surface area contributed by atoms with E-state index in [0.717, 1.165) is 77.9 Å². The van der Waals surface area contributed by atoms with Crippen molar-refractivity contribution in [2.75, 3.05) is 39.4 Å². The summed E-state index contributed by atoms with van der Waals surface area (Å²) in [5.74, 6) is 0.558. The van der Waals surface area contributed by atoms with Gasteiger partial charge in [-0.25, -0.2) is 0 Å². The molecule has 28 heavy (non-hydrogen) atoms. The van der Waals surface area contributed by atoms with Crippen LogP contribution in [0.4, 0.5) is 0 Å². The van der Waals surface area contributed by atoms with Crippen LogP contribution in [0.15, 0.2) is 39.6 Å². The van der Waals surface area contributed by atoms with Crippen molar-refractivity contribution in [2.24, 2.45) is 10.9 Å². The molecule has 2 saturated heterocycles. The highest BCUT2D eigenvalue weighted by atomic mass is 16.5. The Morgan fingerprint density at radius 3 is 2.86 bits per heavy atom. The molecule has 4 heteroatoms. The number of ether oxygens (including phenoxy) is 1. The standard InChI is InChI=1S/C24H39N3O/c1-19-5-7-22-10-12-25-13-11-23(22)24(27-15-4-17-28-18-16-27)8-6-21(3)26-14-9-20(19)2/h7,9,14,19,21,25H,4-6,8,10-13,15-18H2,1-3H3/b20-9+,22-7+,24-23+,26-14?. The molecule has 3 heterocycles. The lowest BCUT2D eigenvalue weighted by Crippen LogP contribution is -2.28. The third-order valence-corrected chi connectivity index (χ3v) is 6.43. The molecule has 1 N–H and O–H groups in total. The van der Waals surface area contributed by atoms with E-state index < -0.39 is 0 Å². The molecule has 2 atom stereocenters. The lowest BCUT2D eigenvalue weighted by molar-refractivity contribution is 0.144. The van der Waals surface area contributed by atoms with E-state index in [9.17, 15) is 0 Å². The van der Waals surface area contributed by atoms with Gasteiger partial charge in [-0.15, -0.1) is 0 Å². The van der Waals surface area contributed by atoms with Gasteiger partial charge in [-0.2, -0.15) is 0 Å². The zero-order chi connectivity index (χ0) is 19.8. The first-order valence-electron chi connectivity index (χ1n) is 11.3. The van der Waals surface area contributed by atoms with Crippen LogP contribution in [-0.2, 0) is 4.74 Å². The Kier molecular flexibility index (Phi) is 8.35. The average Bonchev–Trinajstić information content (AvgIpc) is 3.09. The third-order valence-electron chi connectivity index (χ3n) is 6.43. The first-order valence-corrected chi connectivity index (χ1v) is 11.3. The summed E-state index contributed by atoms with van der Waals surface area (Å²) in [5.41, 5.74) is 6.18. The smallest absolute Gasteiger partial charge is 0.0641 e. The van der Waals surface area contributed by atoms with Crippen LogP contribution in [0, 0.1) is 5.92 Å². The normalized spacial score (nSPS) is 35.0. The Balaban J connectivity index is 1.99. The predicted molar refractivity (Wildman–Crippen MR) is 119 cm³/mol. The maximum absolute atomic E-state index is 5.76. The Labute approximate surface area is 171 Å². The van der Waals surface area contributed by atoms with E-state index >= 15 is 0 Å². The number of nitrogens with zero attached hydrogens (tertiary/aromatic N) is 2. The summed E-state index contributed by atoms with van der Waals surface area (Å²) in [6, 6.07) is 0.357. The van der Waals surface area contributed by atoms with Gasteiger partial charge in [0, 0.05) is 37.6 Å². The van der Waals surface area contributed by atoms with Crippen LogP contribution >= 0.6 is 0 Å². The molecule has 4 nitrogen and oxygen atoms in total. The molecule has 0 spiro atoms. The molecule has 0 radical (unpaired) electrons. The first kappa shape index (κ1) is 21.3. The molecule has 3 rings (SSSR count). The summed E-state index contributed by atoms with van der Waals surface area (Å²) >= 11 is 0. The van der Waals surface area contributed by atoms with Gasteiger partial charge in [-0.1, -0.05) is 18.6 Å². The van der Waals surface area contributed by atoms with Crippen molar-refractivity contribution in [1.82, 2.24) is 10.2 Å². The maximum atomic E-state index is 5.76. The van der Waals surface area contributed by atoms with Crippen LogP contribution in [0.2, 0.25) is 0 Å². The van der Waals surface area contributed by atoms with Gasteiger partial charge >= 0.3 is 0 Å². The predicted octanol–water partition coefficient (Wildman–Crippen LogP) is 4.50. The minimum atomic E-state index is 0.357. The number of rotatable bonds is 1. The van der Waals surface area contributed by atoms with E-state index in [1.807, 2.05) is 6.21 Å². The molecular formula is C24H39N3O. The average molecular weight is 386 g/mol. The zero-order valence-electron chi connectivity index (χ0n) is 18.2. The van der Waals surface area contributed by atoms with E-state index in [0.29, 0.717) is 12.0 Å². The van der Waals surface area contributed by atoms with Gasteiger partial charge in [0.25, 0.3) is 0 Å². The van der Waals surface area contributed by atoms with Crippen LogP contribution < -0.4 is 5.32 Å². The summed E-state index contributed by atoms with van der Waals surface area (Å²) < 4.78 is 5.76. The number of aliphatic imine (C=N–C) groups is 1. The zero-order valence-corrected chi connectivity index (χ0v) is 18.2. The summed E-state index contributed by atoms with van der Waals surface area (Å²) in [4.78, 5) is 7.43. The van der Waals surface area contributed by atoms with Crippen LogP contribution in [0.3, 0.4) is 0 Å². The van der Waals surface area contributed by atoms with Gasteiger partial charge in [-0.3, -0.25) is 4.99 Å². The molecule has 0 bridgehead atoms. The summed E-state index contributed by atoms with van der Waals surface area (Å²) in [6.07, 6.45) is 13.5. The molecule has 3 aliphatic rings. The van der Waals surface area contributed by atoms with E-state index in [4.69, 9.17) is 9.73 Å². The highest BCUT2D eigenvalue weighted by Gasteiger charge is 2.21. The highest BCUT2D eigenvalue weighted by Crippen LogP contribution is 2.31. The van der Waals surface area contributed by atoms with Gasteiger partial charge in [-0.05, 0) is 88.6 Å². The van der Waals surface area contributed by atoms with Crippen LogP contribution in [0.25, 0.3) is 0 Å². The van der Waals surface area contributed by atoms with Crippen molar-refractivity contribution in [3.05, 3.63) is 34.6 Å². The number of hydrogen-bond donors (Lipinski definition) is 1. The quantitative estimate of drug-likeness (QED) is 0.722. The Morgan fingerprint density at radius 1 is 1.11 bits per heavy atom.